The van der Waals surface area contributed by atoms with Crippen molar-refractivity contribution >= 4 is 0 Å². The van der Waals surface area contributed by atoms with Crippen LogP contribution in [0.1, 0.15) is 26.7 Å². The summed E-state index contributed by atoms with van der Waals surface area (Å²) in [5, 5.41) is 7.00. The topological polar surface area (TPSA) is 46.2 Å². The SMILES string of the molecule is CCC(N)CC.CO. The van der Waals surface area contributed by atoms with Gasteiger partial charge in [-0.25, -0.2) is 0 Å². The van der Waals surface area contributed by atoms with Gasteiger partial charge in [0.2, 0.25) is 0 Å². The van der Waals surface area contributed by atoms with E-state index in [0.29, 0.717) is 6.04 Å². The number of aliphatic hydroxyl groups is 1. The Kier molecular flexibility index (Phi) is 13.6. The van der Waals surface area contributed by atoms with Crippen LogP contribution in [0.3, 0.4) is 0 Å². The van der Waals surface area contributed by atoms with E-state index >= 15 is 0 Å². The molecule has 0 rings (SSSR count). The lowest BCUT2D eigenvalue weighted by atomic mass is 10.2. The molecule has 0 bridgehead atoms. The van der Waals surface area contributed by atoms with E-state index in [2.05, 4.69) is 13.8 Å². The number of nitrogens with two attached hydrogens (primary N) is 1. The van der Waals surface area contributed by atoms with E-state index in [-0.39, 0.29) is 0 Å². The maximum atomic E-state index is 7.00. The summed E-state index contributed by atoms with van der Waals surface area (Å²) in [5.41, 5.74) is 5.47. The monoisotopic (exact) mass is 119 g/mol. The third-order valence-electron chi connectivity index (χ3n) is 1.05. The zero-order valence-electron chi connectivity index (χ0n) is 6.02. The second-order valence-corrected chi connectivity index (χ2v) is 1.58. The first-order valence-corrected chi connectivity index (χ1v) is 3.01. The minimum absolute atomic E-state index is 0.435. The highest BCUT2D eigenvalue weighted by molar-refractivity contribution is 4.51. The fourth-order valence-corrected chi connectivity index (χ4v) is 0.289. The third-order valence-corrected chi connectivity index (χ3v) is 1.05. The van der Waals surface area contributed by atoms with Crippen molar-refractivity contribution in [2.45, 2.75) is 32.7 Å². The van der Waals surface area contributed by atoms with E-state index in [1.165, 1.54) is 0 Å². The summed E-state index contributed by atoms with van der Waals surface area (Å²) in [5.74, 6) is 0. The van der Waals surface area contributed by atoms with Crippen LogP contribution in [0, 0.1) is 0 Å². The maximum absolute atomic E-state index is 7.00. The Bertz CT molecular complexity index is 27.7. The van der Waals surface area contributed by atoms with Crippen molar-refractivity contribution in [3.63, 3.8) is 0 Å². The molecule has 0 aromatic carbocycles. The molecule has 8 heavy (non-hydrogen) atoms. The smallest absolute Gasteiger partial charge is 0.0319 e. The zero-order chi connectivity index (χ0) is 6.99. The number of aliphatic hydroxyl groups excluding tert-OH is 1. The van der Waals surface area contributed by atoms with Crippen LogP contribution in [0.4, 0.5) is 0 Å². The van der Waals surface area contributed by atoms with Gasteiger partial charge in [0.25, 0.3) is 0 Å². The van der Waals surface area contributed by atoms with E-state index in [1.807, 2.05) is 0 Å². The van der Waals surface area contributed by atoms with Crippen molar-refractivity contribution in [1.82, 2.24) is 0 Å². The lowest BCUT2D eigenvalue weighted by Crippen LogP contribution is -2.16. The Morgan fingerprint density at radius 1 is 1.25 bits per heavy atom. The van der Waals surface area contributed by atoms with Crippen LogP contribution in [-0.2, 0) is 0 Å². The normalized spacial score (nSPS) is 8.25. The number of rotatable bonds is 2. The number of hydrogen-bond acceptors (Lipinski definition) is 2. The molecule has 0 saturated heterocycles. The standard InChI is InChI=1S/C5H13N.CH4O/c1-3-5(6)4-2;1-2/h5H,3-4,6H2,1-2H3;2H,1H3. The Balaban J connectivity index is 0. The highest BCUT2D eigenvalue weighted by Gasteiger charge is 1.88. The molecule has 0 aliphatic carbocycles. The summed E-state index contributed by atoms with van der Waals surface area (Å²) < 4.78 is 0. The van der Waals surface area contributed by atoms with Crippen LogP contribution in [0.15, 0.2) is 0 Å². The van der Waals surface area contributed by atoms with Crippen LogP contribution in [0.2, 0.25) is 0 Å². The predicted octanol–water partition coefficient (Wildman–Crippen LogP) is 0.742. The molecule has 0 radical (unpaired) electrons. The average Bonchev–Trinajstić information content (AvgIpc) is 1.91. The van der Waals surface area contributed by atoms with E-state index in [4.69, 9.17) is 10.8 Å². The van der Waals surface area contributed by atoms with Gasteiger partial charge in [-0.15, -0.1) is 0 Å². The van der Waals surface area contributed by atoms with Gasteiger partial charge in [0.05, 0.1) is 0 Å². The van der Waals surface area contributed by atoms with E-state index < -0.39 is 0 Å². The fraction of sp³-hybridized carbons (Fsp3) is 1.00. The van der Waals surface area contributed by atoms with Gasteiger partial charge in [-0.2, -0.15) is 0 Å². The third kappa shape index (κ3) is 9.33. The zero-order valence-corrected chi connectivity index (χ0v) is 6.02. The highest BCUT2D eigenvalue weighted by atomic mass is 16.2. The molecule has 0 unspecified atom stereocenters. The predicted molar refractivity (Wildman–Crippen MR) is 36.7 cm³/mol. The van der Waals surface area contributed by atoms with Gasteiger partial charge in [0.15, 0.2) is 0 Å². The second kappa shape index (κ2) is 10.0. The summed E-state index contributed by atoms with van der Waals surface area (Å²) in [7, 11) is 1.00. The molecule has 0 spiro atoms. The first kappa shape index (κ1) is 10.8. The Morgan fingerprint density at radius 2 is 1.50 bits per heavy atom. The summed E-state index contributed by atoms with van der Waals surface area (Å²) in [6.45, 7) is 4.21. The molecule has 0 fully saturated rings. The number of hydrogen-bond donors (Lipinski definition) is 2. The van der Waals surface area contributed by atoms with Crippen molar-refractivity contribution in [3.05, 3.63) is 0 Å². The van der Waals surface area contributed by atoms with Crippen LogP contribution >= 0.6 is 0 Å². The molecule has 52 valence electrons. The molecule has 0 aliphatic heterocycles. The van der Waals surface area contributed by atoms with Crippen molar-refractivity contribution < 1.29 is 5.11 Å². The molecule has 0 amide bonds. The Labute approximate surface area is 51.7 Å². The maximum Gasteiger partial charge on any atom is 0.0319 e. The molecule has 0 aromatic rings. The molecule has 3 N–H and O–H groups in total. The molecule has 2 nitrogen and oxygen atoms in total. The van der Waals surface area contributed by atoms with Crippen molar-refractivity contribution in [2.24, 2.45) is 5.73 Å². The van der Waals surface area contributed by atoms with E-state index in [0.717, 1.165) is 20.0 Å². The molecule has 0 aromatic heterocycles. The summed E-state index contributed by atoms with van der Waals surface area (Å²) in [4.78, 5) is 0. The molecule has 0 aliphatic rings. The van der Waals surface area contributed by atoms with Crippen LogP contribution < -0.4 is 5.73 Å². The van der Waals surface area contributed by atoms with E-state index in [9.17, 15) is 0 Å². The van der Waals surface area contributed by atoms with Gasteiger partial charge >= 0.3 is 0 Å². The van der Waals surface area contributed by atoms with Gasteiger partial charge in [-0.3, -0.25) is 0 Å². The Morgan fingerprint density at radius 3 is 1.50 bits per heavy atom. The molecule has 0 saturated carbocycles. The molecular weight excluding hydrogens is 102 g/mol. The lowest BCUT2D eigenvalue weighted by molar-refractivity contribution is 0.399. The second-order valence-electron chi connectivity index (χ2n) is 1.58. The lowest BCUT2D eigenvalue weighted by Gasteiger charge is -1.99. The van der Waals surface area contributed by atoms with Gasteiger partial charge in [-0.05, 0) is 12.8 Å². The van der Waals surface area contributed by atoms with Gasteiger partial charge in [0, 0.05) is 13.2 Å². The highest BCUT2D eigenvalue weighted by Crippen LogP contribution is 1.88. The van der Waals surface area contributed by atoms with Crippen molar-refractivity contribution in [1.29, 1.82) is 0 Å². The Hall–Kier alpha value is -0.0800. The van der Waals surface area contributed by atoms with Gasteiger partial charge < -0.3 is 10.8 Å². The first-order valence-electron chi connectivity index (χ1n) is 3.01. The molecular formula is C6H17NO. The van der Waals surface area contributed by atoms with Crippen LogP contribution in [0.5, 0.6) is 0 Å². The van der Waals surface area contributed by atoms with Crippen LogP contribution in [-0.4, -0.2) is 18.3 Å². The van der Waals surface area contributed by atoms with E-state index in [1.54, 1.807) is 0 Å². The summed E-state index contributed by atoms with van der Waals surface area (Å²) in [6, 6.07) is 0.435. The molecule has 0 atom stereocenters. The summed E-state index contributed by atoms with van der Waals surface area (Å²) >= 11 is 0. The fourth-order valence-electron chi connectivity index (χ4n) is 0.289. The molecule has 0 heterocycles. The largest absolute Gasteiger partial charge is 0.400 e. The van der Waals surface area contributed by atoms with Crippen molar-refractivity contribution in [3.8, 4) is 0 Å². The molecule has 2 heteroatoms. The van der Waals surface area contributed by atoms with Gasteiger partial charge in [0.1, 0.15) is 0 Å². The van der Waals surface area contributed by atoms with Gasteiger partial charge in [-0.1, -0.05) is 13.8 Å². The first-order chi connectivity index (χ1) is 3.81. The van der Waals surface area contributed by atoms with Crippen molar-refractivity contribution in [2.75, 3.05) is 7.11 Å². The minimum Gasteiger partial charge on any atom is -0.400 e. The summed E-state index contributed by atoms with van der Waals surface area (Å²) in [6.07, 6.45) is 2.22. The quantitative estimate of drug-likeness (QED) is 0.563. The average molecular weight is 119 g/mol. The van der Waals surface area contributed by atoms with Crippen LogP contribution in [0.25, 0.3) is 0 Å². The minimum atomic E-state index is 0.435.